The van der Waals surface area contributed by atoms with Gasteiger partial charge in [-0.1, -0.05) is 0 Å². The SMILES string of the molecule is O.O.[C]#N.[C]#N.[C]#N.[C]#N.[C]#N.[Fe].[N]=O.[Na+].[Na+]. The molecule has 12 heteroatoms. The summed E-state index contributed by atoms with van der Waals surface area (Å²) < 4.78 is 0. The molecule has 0 rings (SSSR count). The molecule has 0 fully saturated rings. The van der Waals surface area contributed by atoms with Crippen LogP contribution in [0.2, 0.25) is 0 Å². The fourth-order valence-corrected chi connectivity index (χ4v) is 0. The fraction of sp³-hybridized carbons (Fsp3) is 0. The first-order valence-electron chi connectivity index (χ1n) is 1.30. The van der Waals surface area contributed by atoms with Crippen LogP contribution in [-0.2, 0) is 17.1 Å². The molecule has 0 unspecified atom stereocenters. The Hall–Kier alpha value is -0.511. The maximum absolute atomic E-state index is 7.25. The first-order valence-corrected chi connectivity index (χ1v) is 1.30. The van der Waals surface area contributed by atoms with E-state index in [1.807, 2.05) is 0 Å². The van der Waals surface area contributed by atoms with Gasteiger partial charge in [0.15, 0.2) is 32.9 Å². The molecule has 0 saturated carbocycles. The Kier molecular flexibility index (Phi) is 96400. The zero-order valence-electron chi connectivity index (χ0n) is 8.95. The Morgan fingerprint density at radius 3 is 0.471 bits per heavy atom. The van der Waals surface area contributed by atoms with Crippen molar-refractivity contribution in [2.24, 2.45) is 0 Å². The number of rotatable bonds is 0. The summed E-state index contributed by atoms with van der Waals surface area (Å²) in [5.74, 6) is 0. The zero-order chi connectivity index (χ0) is 12.0. The van der Waals surface area contributed by atoms with Crippen LogP contribution >= 0.6 is 0 Å². The van der Waals surface area contributed by atoms with Crippen molar-refractivity contribution in [1.29, 1.82) is 26.3 Å². The summed E-state index contributed by atoms with van der Waals surface area (Å²) in [4.78, 5) is 7.25. The summed E-state index contributed by atoms with van der Waals surface area (Å²) in [6.45, 7) is 23.8. The Morgan fingerprint density at radius 2 is 0.471 bits per heavy atom. The third-order valence-electron chi connectivity index (χ3n) is 0. The minimum atomic E-state index is 0. The topological polar surface area (TPSA) is 221 Å². The smallest absolute Gasteiger partial charge is 0.412 e. The third-order valence-corrected chi connectivity index (χ3v) is 0. The molecular weight excluding hydrogens is 294 g/mol. The van der Waals surface area contributed by atoms with Crippen LogP contribution in [0, 0.1) is 64.1 Å². The largest absolute Gasteiger partial charge is 1.00 e. The summed E-state index contributed by atoms with van der Waals surface area (Å²) in [7, 11) is 0. The van der Waals surface area contributed by atoms with Crippen molar-refractivity contribution in [3.63, 3.8) is 0 Å². The number of hydrogen-bond acceptors (Lipinski definition) is 6. The van der Waals surface area contributed by atoms with E-state index in [9.17, 15) is 0 Å². The van der Waals surface area contributed by atoms with Crippen molar-refractivity contribution in [3.05, 3.63) is 37.8 Å². The van der Waals surface area contributed by atoms with E-state index < -0.39 is 0 Å². The maximum Gasteiger partial charge on any atom is 1.00 e. The van der Waals surface area contributed by atoms with Crippen molar-refractivity contribution in [3.8, 4) is 0 Å². The van der Waals surface area contributed by atoms with Crippen molar-refractivity contribution in [2.45, 2.75) is 0 Å². The Labute approximate surface area is 155 Å². The molecule has 0 spiro atoms. The second kappa shape index (κ2) is 12500. The van der Waals surface area contributed by atoms with Gasteiger partial charge in [-0.05, 0) is 0 Å². The van der Waals surface area contributed by atoms with E-state index in [1.165, 1.54) is 0 Å². The van der Waals surface area contributed by atoms with E-state index >= 15 is 0 Å². The molecule has 4 N–H and O–H groups in total. The minimum Gasteiger partial charge on any atom is -0.412 e. The second-order valence-electron chi connectivity index (χ2n) is 0. The molecule has 0 saturated heterocycles. The van der Waals surface area contributed by atoms with Crippen LogP contribution in [0.25, 0.3) is 0 Å². The molecule has 0 bridgehead atoms. The molecule has 17 heavy (non-hydrogen) atoms. The van der Waals surface area contributed by atoms with E-state index in [1.54, 1.807) is 0 Å². The molecule has 0 heterocycles. The monoisotopic (exact) mass is 298 g/mol. The van der Waals surface area contributed by atoms with Gasteiger partial charge in [-0.15, -0.1) is 4.91 Å². The molecule has 80 valence electrons. The standard InChI is InChI=1S/5CN.Fe.NO.2Na.2H2O/c5*1-2;;1-2;;;;/h;;;;;;;;;2*1H2/q;;;;;;;2*+1;;. The molecule has 0 aromatic rings. The zero-order valence-corrected chi connectivity index (χ0v) is 14.0. The summed E-state index contributed by atoms with van der Waals surface area (Å²) in [5, 5.41) is 31.2. The summed E-state index contributed by atoms with van der Waals surface area (Å²) in [5.41, 5.74) is 5.75. The van der Waals surface area contributed by atoms with Crippen LogP contribution in [0.3, 0.4) is 0 Å². The molecule has 0 aliphatic rings. The van der Waals surface area contributed by atoms with Gasteiger partial charge in [0, 0.05) is 17.1 Å². The Bertz CT molecular complexity index is 105. The first-order chi connectivity index (χ1) is 6.00. The van der Waals surface area contributed by atoms with E-state index in [-0.39, 0.29) is 87.1 Å². The Balaban J connectivity index is -0.00000000267. The third kappa shape index (κ3) is 10800. The van der Waals surface area contributed by atoms with Crippen molar-refractivity contribution in [2.75, 3.05) is 0 Å². The van der Waals surface area contributed by atoms with Crippen molar-refractivity contribution in [1.82, 2.24) is 5.59 Å². The van der Waals surface area contributed by atoms with Crippen LogP contribution in [0.4, 0.5) is 0 Å². The van der Waals surface area contributed by atoms with E-state index in [4.69, 9.17) is 69.7 Å². The van der Waals surface area contributed by atoms with Crippen LogP contribution in [0.1, 0.15) is 0 Å². The van der Waals surface area contributed by atoms with Gasteiger partial charge in [0.05, 0.1) is 0 Å². The first kappa shape index (κ1) is 131. The van der Waals surface area contributed by atoms with Crippen molar-refractivity contribution < 1.29 is 87.1 Å². The summed E-state index contributed by atoms with van der Waals surface area (Å²) >= 11 is 0. The quantitative estimate of drug-likeness (QED) is 0.394. The second-order valence-corrected chi connectivity index (χ2v) is 0. The van der Waals surface area contributed by atoms with Gasteiger partial charge in [-0.3, -0.25) is 0 Å². The molecular formula is C5H4FeN6Na2O3+2. The van der Waals surface area contributed by atoms with E-state index in [0.29, 0.717) is 0 Å². The van der Waals surface area contributed by atoms with Crippen LogP contribution < -0.4 is 64.7 Å². The molecule has 0 aromatic heterocycles. The van der Waals surface area contributed by atoms with Crippen LogP contribution in [0.5, 0.6) is 0 Å². The van der Waals surface area contributed by atoms with E-state index in [0.717, 1.165) is 0 Å². The van der Waals surface area contributed by atoms with Gasteiger partial charge in [0.1, 0.15) is 5.59 Å². The average molecular weight is 298 g/mol. The molecule has 0 atom stereocenters. The van der Waals surface area contributed by atoms with Gasteiger partial charge < -0.3 is 11.0 Å². The van der Waals surface area contributed by atoms with Gasteiger partial charge in [-0.2, -0.15) is 26.3 Å². The number of hydrogen-bond donors (Lipinski definition) is 0. The molecule has 9 nitrogen and oxygen atoms in total. The fourth-order valence-electron chi connectivity index (χ4n) is 0. The summed E-state index contributed by atoms with van der Waals surface area (Å²) in [6, 6.07) is 0. The van der Waals surface area contributed by atoms with Crippen LogP contribution in [0.15, 0.2) is 0 Å². The number of nitroso groups, excluding NO2 is 1. The molecule has 0 amide bonds. The van der Waals surface area contributed by atoms with Gasteiger partial charge in [0.25, 0.3) is 0 Å². The minimum absolute atomic E-state index is 0. The van der Waals surface area contributed by atoms with Crippen LogP contribution in [-0.4, -0.2) is 11.0 Å². The normalized spacial score (nSPS) is 0.824. The van der Waals surface area contributed by atoms with E-state index in [2.05, 4.69) is 0 Å². The van der Waals surface area contributed by atoms with Gasteiger partial charge in [0.2, 0.25) is 0 Å². The molecule has 0 aliphatic heterocycles. The van der Waals surface area contributed by atoms with Gasteiger partial charge >= 0.3 is 59.1 Å². The summed E-state index contributed by atoms with van der Waals surface area (Å²) in [6.07, 6.45) is 0. The van der Waals surface area contributed by atoms with Gasteiger partial charge in [-0.25, -0.2) is 0 Å². The molecule has 6 radical (unpaired) electrons. The molecule has 0 aliphatic carbocycles. The average Bonchev–Trinajstić information content (AvgIpc) is 2.33. The predicted octanol–water partition coefficient (Wildman–Crippen LogP) is -7.61. The molecule has 0 aromatic carbocycles. The maximum atomic E-state index is 7.25. The number of nitrogens with zero attached hydrogens (tertiary/aromatic N) is 6. The van der Waals surface area contributed by atoms with Crippen molar-refractivity contribution >= 4 is 0 Å². The Morgan fingerprint density at radius 1 is 0.471 bits per heavy atom. The predicted molar refractivity (Wildman–Crippen MR) is 37.6 cm³/mol.